The number of nitrogens with zero attached hydrogens (tertiary/aromatic N) is 1. The van der Waals surface area contributed by atoms with Gasteiger partial charge in [-0.1, -0.05) is 29.3 Å². The zero-order valence-electron chi connectivity index (χ0n) is 20.6. The van der Waals surface area contributed by atoms with Crippen molar-refractivity contribution < 1.29 is 18.9 Å². The van der Waals surface area contributed by atoms with Crippen LogP contribution in [0.3, 0.4) is 0 Å². The fraction of sp³-hybridized carbons (Fsp3) is 0.296. The van der Waals surface area contributed by atoms with E-state index in [4.69, 9.17) is 54.4 Å². The molecule has 0 radical (unpaired) electrons. The van der Waals surface area contributed by atoms with Gasteiger partial charge in [0.15, 0.2) is 28.1 Å². The minimum atomic E-state index is -0.0791. The van der Waals surface area contributed by atoms with E-state index in [0.717, 1.165) is 17.5 Å². The quantitative estimate of drug-likeness (QED) is 0.336. The van der Waals surface area contributed by atoms with Crippen molar-refractivity contribution in [1.29, 1.82) is 0 Å². The number of hydrogen-bond donors (Lipinski definition) is 1. The maximum absolute atomic E-state index is 6.41. The maximum Gasteiger partial charge on any atom is 0.174 e. The number of rotatable bonds is 7. The summed E-state index contributed by atoms with van der Waals surface area (Å²) in [6, 6.07) is 15.2. The zero-order valence-corrected chi connectivity index (χ0v) is 22.9. The molecule has 4 rings (SSSR count). The molecular formula is C27H28Cl2N2O4S. The van der Waals surface area contributed by atoms with Gasteiger partial charge in [-0.2, -0.15) is 0 Å². The first-order chi connectivity index (χ1) is 17.4. The predicted octanol–water partition coefficient (Wildman–Crippen LogP) is 6.57. The first-order valence-corrected chi connectivity index (χ1v) is 12.5. The lowest BCUT2D eigenvalue weighted by molar-refractivity contribution is 0.295. The Kier molecular flexibility index (Phi) is 8.34. The highest BCUT2D eigenvalue weighted by molar-refractivity contribution is 7.80. The normalized spacial score (nSPS) is 14.6. The van der Waals surface area contributed by atoms with E-state index in [2.05, 4.69) is 16.3 Å². The van der Waals surface area contributed by atoms with E-state index in [-0.39, 0.29) is 6.04 Å². The van der Waals surface area contributed by atoms with Crippen LogP contribution in [0.4, 0.5) is 5.69 Å². The summed E-state index contributed by atoms with van der Waals surface area (Å²) in [4.78, 5) is 2.18. The summed E-state index contributed by atoms with van der Waals surface area (Å²) in [6.45, 7) is 0.713. The lowest BCUT2D eigenvalue weighted by atomic mass is 9.88. The molecule has 0 saturated carbocycles. The Labute approximate surface area is 227 Å². The molecule has 1 atom stereocenters. The number of thiocarbonyl (C=S) groups is 1. The third kappa shape index (κ3) is 5.43. The summed E-state index contributed by atoms with van der Waals surface area (Å²) in [5, 5.41) is 4.98. The number of fused-ring (bicyclic) bond motifs is 1. The molecule has 0 bridgehead atoms. The van der Waals surface area contributed by atoms with Gasteiger partial charge in [-0.3, -0.25) is 0 Å². The summed E-state index contributed by atoms with van der Waals surface area (Å²) in [5.41, 5.74) is 4.05. The van der Waals surface area contributed by atoms with E-state index >= 15 is 0 Å². The van der Waals surface area contributed by atoms with Gasteiger partial charge in [0.05, 0.1) is 45.2 Å². The molecule has 0 aromatic heterocycles. The van der Waals surface area contributed by atoms with Crippen LogP contribution in [0.2, 0.25) is 10.0 Å². The number of anilines is 1. The third-order valence-electron chi connectivity index (χ3n) is 6.31. The fourth-order valence-electron chi connectivity index (χ4n) is 4.50. The van der Waals surface area contributed by atoms with Crippen LogP contribution in [0.5, 0.6) is 23.0 Å². The molecule has 1 aliphatic heterocycles. The maximum atomic E-state index is 6.41. The molecule has 3 aromatic carbocycles. The van der Waals surface area contributed by atoms with Crippen LogP contribution in [0, 0.1) is 0 Å². The van der Waals surface area contributed by atoms with E-state index in [1.54, 1.807) is 46.6 Å². The van der Waals surface area contributed by atoms with Gasteiger partial charge in [0.25, 0.3) is 0 Å². The molecule has 0 spiro atoms. The number of methoxy groups -OCH3 is 4. The SMILES string of the molecule is COc1ccc(C[C@H]2c3cc(OC)c(OC)cc3CCN2C(=S)Nc2cc(Cl)ccc2Cl)cc1OC. The smallest absolute Gasteiger partial charge is 0.174 e. The monoisotopic (exact) mass is 546 g/mol. The van der Waals surface area contributed by atoms with Gasteiger partial charge < -0.3 is 29.2 Å². The minimum Gasteiger partial charge on any atom is -0.493 e. The Morgan fingerprint density at radius 2 is 1.56 bits per heavy atom. The average Bonchev–Trinajstić information content (AvgIpc) is 2.89. The summed E-state index contributed by atoms with van der Waals surface area (Å²) >= 11 is 18.5. The zero-order chi connectivity index (χ0) is 25.8. The highest BCUT2D eigenvalue weighted by Crippen LogP contribution is 2.41. The second kappa shape index (κ2) is 11.5. The molecular weight excluding hydrogens is 519 g/mol. The summed E-state index contributed by atoms with van der Waals surface area (Å²) < 4.78 is 22.1. The second-order valence-corrected chi connectivity index (χ2v) is 9.54. The molecule has 1 aliphatic rings. The van der Waals surface area contributed by atoms with Crippen LogP contribution in [-0.2, 0) is 12.8 Å². The van der Waals surface area contributed by atoms with Crippen molar-refractivity contribution in [2.75, 3.05) is 40.3 Å². The minimum absolute atomic E-state index is 0.0791. The van der Waals surface area contributed by atoms with Gasteiger partial charge in [0.2, 0.25) is 0 Å². The van der Waals surface area contributed by atoms with Gasteiger partial charge >= 0.3 is 0 Å². The molecule has 9 heteroatoms. The van der Waals surface area contributed by atoms with Crippen LogP contribution >= 0.6 is 35.4 Å². The molecule has 1 N–H and O–H groups in total. The van der Waals surface area contributed by atoms with Crippen LogP contribution in [0.15, 0.2) is 48.5 Å². The molecule has 0 saturated heterocycles. The van der Waals surface area contributed by atoms with E-state index in [9.17, 15) is 0 Å². The Hall–Kier alpha value is -2.87. The number of hydrogen-bond acceptors (Lipinski definition) is 5. The van der Waals surface area contributed by atoms with Crippen LogP contribution in [-0.4, -0.2) is 45.0 Å². The first-order valence-electron chi connectivity index (χ1n) is 11.4. The fourth-order valence-corrected chi connectivity index (χ4v) is 5.17. The largest absolute Gasteiger partial charge is 0.493 e. The molecule has 0 unspecified atom stereocenters. The van der Waals surface area contributed by atoms with E-state index in [1.807, 2.05) is 24.3 Å². The topological polar surface area (TPSA) is 52.2 Å². The molecule has 0 amide bonds. The first kappa shape index (κ1) is 26.2. The molecule has 36 heavy (non-hydrogen) atoms. The Balaban J connectivity index is 1.74. The molecule has 6 nitrogen and oxygen atoms in total. The van der Waals surface area contributed by atoms with Crippen LogP contribution < -0.4 is 24.3 Å². The summed E-state index contributed by atoms with van der Waals surface area (Å²) in [7, 11) is 6.55. The van der Waals surface area contributed by atoms with Crippen LogP contribution in [0.25, 0.3) is 0 Å². The van der Waals surface area contributed by atoms with Crippen molar-refractivity contribution in [2.24, 2.45) is 0 Å². The third-order valence-corrected chi connectivity index (χ3v) is 7.21. The highest BCUT2D eigenvalue weighted by atomic mass is 35.5. The van der Waals surface area contributed by atoms with Crippen molar-refractivity contribution in [3.05, 3.63) is 75.3 Å². The van der Waals surface area contributed by atoms with E-state index in [0.29, 0.717) is 56.8 Å². The van der Waals surface area contributed by atoms with Crippen molar-refractivity contribution >= 4 is 46.2 Å². The number of ether oxygens (including phenoxy) is 4. The number of nitrogens with one attached hydrogen (secondary N) is 1. The molecule has 0 aliphatic carbocycles. The molecule has 190 valence electrons. The molecule has 0 fully saturated rings. The Morgan fingerprint density at radius 1 is 0.889 bits per heavy atom. The van der Waals surface area contributed by atoms with Crippen molar-refractivity contribution in [1.82, 2.24) is 4.90 Å². The van der Waals surface area contributed by atoms with Crippen LogP contribution in [0.1, 0.15) is 22.7 Å². The van der Waals surface area contributed by atoms with Gasteiger partial charge in [-0.05, 0) is 84.2 Å². The molecule has 1 heterocycles. The lowest BCUT2D eigenvalue weighted by Crippen LogP contribution is -2.43. The average molecular weight is 548 g/mol. The van der Waals surface area contributed by atoms with Crippen molar-refractivity contribution in [2.45, 2.75) is 18.9 Å². The Bertz CT molecular complexity index is 1270. The molecule has 3 aromatic rings. The van der Waals surface area contributed by atoms with E-state index in [1.165, 1.54) is 5.56 Å². The highest BCUT2D eigenvalue weighted by Gasteiger charge is 2.31. The Morgan fingerprint density at radius 3 is 2.25 bits per heavy atom. The van der Waals surface area contributed by atoms with Crippen molar-refractivity contribution in [3.8, 4) is 23.0 Å². The summed E-state index contributed by atoms with van der Waals surface area (Å²) in [5.74, 6) is 2.74. The van der Waals surface area contributed by atoms with Crippen molar-refractivity contribution in [3.63, 3.8) is 0 Å². The second-order valence-electron chi connectivity index (χ2n) is 8.31. The lowest BCUT2D eigenvalue weighted by Gasteiger charge is -2.39. The van der Waals surface area contributed by atoms with Gasteiger partial charge in [-0.15, -0.1) is 0 Å². The van der Waals surface area contributed by atoms with E-state index < -0.39 is 0 Å². The van der Waals surface area contributed by atoms with Gasteiger partial charge in [-0.25, -0.2) is 0 Å². The van der Waals surface area contributed by atoms with Gasteiger partial charge in [0.1, 0.15) is 0 Å². The standard InChI is InChI=1S/C27H28Cl2N2O4S/c1-32-23-8-5-16(12-24(23)33-2)11-22-19-15-26(35-4)25(34-3)13-17(19)9-10-31(22)27(36)30-21-14-18(28)6-7-20(21)29/h5-8,12-15,22H,9-11H2,1-4H3,(H,30,36)/t22-/m0/s1. The number of halogens is 2. The predicted molar refractivity (Wildman–Crippen MR) is 149 cm³/mol. The summed E-state index contributed by atoms with van der Waals surface area (Å²) in [6.07, 6.45) is 1.47. The number of benzene rings is 3. The van der Waals surface area contributed by atoms with Gasteiger partial charge in [0, 0.05) is 11.6 Å².